The second-order valence-electron chi connectivity index (χ2n) is 5.07. The molecule has 0 fully saturated rings. The number of anilines is 1. The van der Waals surface area contributed by atoms with E-state index in [4.69, 9.17) is 0 Å². The highest BCUT2D eigenvalue weighted by atomic mass is 19.1. The van der Waals surface area contributed by atoms with Crippen molar-refractivity contribution in [1.82, 2.24) is 0 Å². The molecule has 2 heteroatoms. The molecular weight excluding hydrogens is 225 g/mol. The Kier molecular flexibility index (Phi) is 7.47. The Bertz CT molecular complexity index is 316. The predicted molar refractivity (Wildman–Crippen MR) is 77.6 cm³/mol. The first-order chi connectivity index (χ1) is 8.72. The maximum atomic E-state index is 13.1. The SMILES string of the molecule is CCCCCCCCCNc1cc(C)cc(F)c1. The summed E-state index contributed by atoms with van der Waals surface area (Å²) < 4.78 is 13.1. The molecule has 102 valence electrons. The van der Waals surface area contributed by atoms with E-state index in [-0.39, 0.29) is 5.82 Å². The van der Waals surface area contributed by atoms with Gasteiger partial charge in [0.25, 0.3) is 0 Å². The summed E-state index contributed by atoms with van der Waals surface area (Å²) in [6.45, 7) is 5.10. The van der Waals surface area contributed by atoms with Crippen LogP contribution in [-0.4, -0.2) is 6.54 Å². The molecule has 0 atom stereocenters. The average Bonchev–Trinajstić information content (AvgIpc) is 2.31. The molecule has 1 nitrogen and oxygen atoms in total. The van der Waals surface area contributed by atoms with E-state index in [1.807, 2.05) is 13.0 Å². The minimum absolute atomic E-state index is 0.155. The topological polar surface area (TPSA) is 12.0 Å². The van der Waals surface area contributed by atoms with Gasteiger partial charge < -0.3 is 5.32 Å². The van der Waals surface area contributed by atoms with E-state index >= 15 is 0 Å². The van der Waals surface area contributed by atoms with Crippen LogP contribution in [0.15, 0.2) is 18.2 Å². The fourth-order valence-electron chi connectivity index (χ4n) is 2.15. The fraction of sp³-hybridized carbons (Fsp3) is 0.625. The normalized spacial score (nSPS) is 10.6. The number of benzene rings is 1. The van der Waals surface area contributed by atoms with Crippen molar-refractivity contribution in [3.63, 3.8) is 0 Å². The summed E-state index contributed by atoms with van der Waals surface area (Å²) in [6, 6.07) is 5.11. The molecule has 0 spiro atoms. The van der Waals surface area contributed by atoms with Crippen LogP contribution in [0.3, 0.4) is 0 Å². The number of halogens is 1. The van der Waals surface area contributed by atoms with Gasteiger partial charge in [0.1, 0.15) is 5.82 Å². The molecule has 0 radical (unpaired) electrons. The summed E-state index contributed by atoms with van der Waals surface area (Å²) in [5.74, 6) is -0.155. The number of nitrogens with one attached hydrogen (secondary N) is 1. The van der Waals surface area contributed by atoms with E-state index in [1.54, 1.807) is 12.1 Å². The molecule has 0 aliphatic carbocycles. The molecule has 1 rings (SSSR count). The highest BCUT2D eigenvalue weighted by molar-refractivity contribution is 5.45. The lowest BCUT2D eigenvalue weighted by Gasteiger charge is -2.07. The van der Waals surface area contributed by atoms with Crippen molar-refractivity contribution in [2.45, 2.75) is 58.8 Å². The number of unbranched alkanes of at least 4 members (excludes halogenated alkanes) is 6. The minimum atomic E-state index is -0.155. The lowest BCUT2D eigenvalue weighted by atomic mass is 10.1. The van der Waals surface area contributed by atoms with Gasteiger partial charge in [0, 0.05) is 12.2 Å². The van der Waals surface area contributed by atoms with Gasteiger partial charge in [-0.15, -0.1) is 0 Å². The van der Waals surface area contributed by atoms with Crippen molar-refractivity contribution < 1.29 is 4.39 Å². The van der Waals surface area contributed by atoms with Crippen LogP contribution in [0.2, 0.25) is 0 Å². The van der Waals surface area contributed by atoms with Crippen molar-refractivity contribution in [1.29, 1.82) is 0 Å². The molecule has 0 aliphatic rings. The van der Waals surface area contributed by atoms with Crippen molar-refractivity contribution in [3.8, 4) is 0 Å². The van der Waals surface area contributed by atoms with Crippen LogP contribution in [0, 0.1) is 12.7 Å². The van der Waals surface area contributed by atoms with Crippen LogP contribution in [0.5, 0.6) is 0 Å². The Morgan fingerprint density at radius 3 is 2.28 bits per heavy atom. The van der Waals surface area contributed by atoms with Gasteiger partial charge in [-0.1, -0.05) is 45.4 Å². The van der Waals surface area contributed by atoms with Gasteiger partial charge in [0.05, 0.1) is 0 Å². The molecule has 18 heavy (non-hydrogen) atoms. The van der Waals surface area contributed by atoms with E-state index in [2.05, 4.69) is 12.2 Å². The van der Waals surface area contributed by atoms with Gasteiger partial charge in [-0.05, 0) is 37.1 Å². The third-order valence-corrected chi connectivity index (χ3v) is 3.15. The van der Waals surface area contributed by atoms with Crippen LogP contribution < -0.4 is 5.32 Å². The van der Waals surface area contributed by atoms with Crippen molar-refractivity contribution >= 4 is 5.69 Å². The van der Waals surface area contributed by atoms with Gasteiger partial charge in [-0.25, -0.2) is 4.39 Å². The molecule has 0 aromatic heterocycles. The average molecular weight is 251 g/mol. The zero-order chi connectivity index (χ0) is 13.2. The smallest absolute Gasteiger partial charge is 0.125 e. The van der Waals surface area contributed by atoms with Crippen LogP contribution in [-0.2, 0) is 0 Å². The van der Waals surface area contributed by atoms with Crippen LogP contribution in [0.4, 0.5) is 10.1 Å². The molecule has 0 amide bonds. The quantitative estimate of drug-likeness (QED) is 0.587. The zero-order valence-electron chi connectivity index (χ0n) is 11.8. The van der Waals surface area contributed by atoms with Crippen molar-refractivity contribution in [3.05, 3.63) is 29.6 Å². The first-order valence-electron chi connectivity index (χ1n) is 7.23. The van der Waals surface area contributed by atoms with E-state index < -0.39 is 0 Å². The van der Waals surface area contributed by atoms with Crippen molar-refractivity contribution in [2.75, 3.05) is 11.9 Å². The second-order valence-corrected chi connectivity index (χ2v) is 5.07. The summed E-state index contributed by atoms with van der Waals surface area (Å²) in [5.41, 5.74) is 1.87. The third-order valence-electron chi connectivity index (χ3n) is 3.15. The summed E-state index contributed by atoms with van der Waals surface area (Å²) in [6.07, 6.45) is 9.15. The molecule has 1 aromatic rings. The van der Waals surface area contributed by atoms with Gasteiger partial charge >= 0.3 is 0 Å². The molecule has 0 aliphatic heterocycles. The van der Waals surface area contributed by atoms with Crippen molar-refractivity contribution in [2.24, 2.45) is 0 Å². The Balaban J connectivity index is 2.07. The van der Waals surface area contributed by atoms with Crippen LogP contribution >= 0.6 is 0 Å². The predicted octanol–water partition coefficient (Wildman–Crippen LogP) is 5.30. The lowest BCUT2D eigenvalue weighted by molar-refractivity contribution is 0.596. The fourth-order valence-corrected chi connectivity index (χ4v) is 2.15. The number of hydrogen-bond acceptors (Lipinski definition) is 1. The Morgan fingerprint density at radius 2 is 1.61 bits per heavy atom. The second kappa shape index (κ2) is 8.96. The zero-order valence-corrected chi connectivity index (χ0v) is 11.8. The van der Waals surface area contributed by atoms with Crippen LogP contribution in [0.25, 0.3) is 0 Å². The maximum absolute atomic E-state index is 13.1. The molecule has 0 unspecified atom stereocenters. The summed E-state index contributed by atoms with van der Waals surface area (Å²) in [4.78, 5) is 0. The van der Waals surface area contributed by atoms with Gasteiger partial charge in [-0.2, -0.15) is 0 Å². The molecule has 1 N–H and O–H groups in total. The van der Waals surface area contributed by atoms with Gasteiger partial charge in [0.15, 0.2) is 0 Å². The van der Waals surface area contributed by atoms with E-state index in [9.17, 15) is 4.39 Å². The molecule has 0 heterocycles. The van der Waals surface area contributed by atoms with E-state index in [0.29, 0.717) is 0 Å². The monoisotopic (exact) mass is 251 g/mol. The number of aryl methyl sites for hydroxylation is 1. The minimum Gasteiger partial charge on any atom is -0.385 e. The standard InChI is InChI=1S/C16H26FN/c1-3-4-5-6-7-8-9-10-18-16-12-14(2)11-15(17)13-16/h11-13,18H,3-10H2,1-2H3. The summed E-state index contributed by atoms with van der Waals surface area (Å²) in [5, 5.41) is 3.29. The summed E-state index contributed by atoms with van der Waals surface area (Å²) in [7, 11) is 0. The Hall–Kier alpha value is -1.05. The highest BCUT2D eigenvalue weighted by Crippen LogP contribution is 2.13. The third kappa shape index (κ3) is 6.63. The molecule has 0 saturated carbocycles. The molecular formula is C16H26FN. The van der Waals surface area contributed by atoms with Gasteiger partial charge in [0.2, 0.25) is 0 Å². The van der Waals surface area contributed by atoms with E-state index in [0.717, 1.165) is 17.8 Å². The number of rotatable bonds is 9. The van der Waals surface area contributed by atoms with Crippen LogP contribution in [0.1, 0.15) is 57.4 Å². The number of hydrogen-bond donors (Lipinski definition) is 1. The van der Waals surface area contributed by atoms with E-state index in [1.165, 1.54) is 44.9 Å². The first-order valence-corrected chi connectivity index (χ1v) is 7.23. The lowest BCUT2D eigenvalue weighted by Crippen LogP contribution is -2.02. The Labute approximate surface area is 111 Å². The molecule has 0 saturated heterocycles. The highest BCUT2D eigenvalue weighted by Gasteiger charge is 1.97. The first kappa shape index (κ1) is 15.0. The molecule has 1 aromatic carbocycles. The summed E-state index contributed by atoms with van der Waals surface area (Å²) >= 11 is 0. The van der Waals surface area contributed by atoms with Gasteiger partial charge in [-0.3, -0.25) is 0 Å². The maximum Gasteiger partial charge on any atom is 0.125 e. The Morgan fingerprint density at radius 1 is 0.944 bits per heavy atom. The largest absolute Gasteiger partial charge is 0.385 e. The molecule has 0 bridgehead atoms.